The van der Waals surface area contributed by atoms with Gasteiger partial charge in [-0.3, -0.25) is 4.68 Å². The summed E-state index contributed by atoms with van der Waals surface area (Å²) in [6.45, 7) is 7.33. The highest BCUT2D eigenvalue weighted by Gasteiger charge is 2.46. The number of hydrogen-bond acceptors (Lipinski definition) is 2. The summed E-state index contributed by atoms with van der Waals surface area (Å²) in [7, 11) is 1.99. The smallest absolute Gasteiger partial charge is 0.0597 e. The topological polar surface area (TPSA) is 29.9 Å². The van der Waals surface area contributed by atoms with E-state index in [0.29, 0.717) is 11.4 Å². The molecule has 1 aliphatic rings. The summed E-state index contributed by atoms with van der Waals surface area (Å²) >= 11 is 6.19. The van der Waals surface area contributed by atoms with Crippen LogP contribution < -0.4 is 5.32 Å². The van der Waals surface area contributed by atoms with E-state index in [-0.39, 0.29) is 5.41 Å². The highest BCUT2D eigenvalue weighted by Crippen LogP contribution is 2.44. The van der Waals surface area contributed by atoms with Gasteiger partial charge in [-0.05, 0) is 24.8 Å². The Kier molecular flexibility index (Phi) is 3.01. The van der Waals surface area contributed by atoms with Crippen LogP contribution in [-0.2, 0) is 13.6 Å². The van der Waals surface area contributed by atoms with Crippen molar-refractivity contribution in [3.8, 4) is 0 Å². The van der Waals surface area contributed by atoms with Gasteiger partial charge in [-0.2, -0.15) is 5.10 Å². The molecule has 2 unspecified atom stereocenters. The van der Waals surface area contributed by atoms with Gasteiger partial charge in [-0.15, -0.1) is 11.6 Å². The second kappa shape index (κ2) is 4.04. The van der Waals surface area contributed by atoms with Crippen LogP contribution in [0.4, 0.5) is 0 Å². The predicted molar refractivity (Wildman–Crippen MR) is 66.6 cm³/mol. The summed E-state index contributed by atoms with van der Waals surface area (Å²) in [4.78, 5) is 0. The molecule has 0 bridgehead atoms. The van der Waals surface area contributed by atoms with Crippen LogP contribution in [0.25, 0.3) is 0 Å². The number of nitrogens with one attached hydrogen (secondary N) is 1. The molecule has 1 aromatic rings. The van der Waals surface area contributed by atoms with E-state index < -0.39 is 0 Å². The first kappa shape index (κ1) is 11.9. The minimum absolute atomic E-state index is 0.204. The molecule has 90 valence electrons. The van der Waals surface area contributed by atoms with Crippen molar-refractivity contribution in [1.82, 2.24) is 15.1 Å². The molecule has 1 aliphatic carbocycles. The molecule has 1 aromatic heterocycles. The molecule has 1 fully saturated rings. The first-order valence-electron chi connectivity index (χ1n) is 5.78. The van der Waals surface area contributed by atoms with E-state index in [4.69, 9.17) is 11.6 Å². The van der Waals surface area contributed by atoms with Crippen molar-refractivity contribution in [2.75, 3.05) is 0 Å². The molecule has 0 spiro atoms. The Bertz CT molecular complexity index is 384. The van der Waals surface area contributed by atoms with E-state index in [2.05, 4.69) is 30.3 Å². The summed E-state index contributed by atoms with van der Waals surface area (Å²) in [5, 5.41) is 8.20. The number of aryl methyl sites for hydroxylation is 2. The Morgan fingerprint density at radius 3 is 2.75 bits per heavy atom. The average Bonchev–Trinajstić information content (AvgIpc) is 2.52. The minimum atomic E-state index is 0.204. The number of halogens is 1. The minimum Gasteiger partial charge on any atom is -0.308 e. The first-order chi connectivity index (χ1) is 7.41. The first-order valence-corrected chi connectivity index (χ1v) is 6.22. The quantitative estimate of drug-likeness (QED) is 0.823. The molecule has 0 aromatic carbocycles. The number of hydrogen-bond donors (Lipinski definition) is 1. The third-order valence-electron chi connectivity index (χ3n) is 3.78. The number of nitrogens with zero attached hydrogens (tertiary/aromatic N) is 2. The van der Waals surface area contributed by atoms with Crippen LogP contribution in [0.1, 0.15) is 31.7 Å². The van der Waals surface area contributed by atoms with Crippen molar-refractivity contribution in [1.29, 1.82) is 0 Å². The molecule has 1 saturated carbocycles. The van der Waals surface area contributed by atoms with Gasteiger partial charge in [0.15, 0.2) is 0 Å². The van der Waals surface area contributed by atoms with E-state index in [9.17, 15) is 0 Å². The molecule has 0 aliphatic heterocycles. The third kappa shape index (κ3) is 1.98. The van der Waals surface area contributed by atoms with Gasteiger partial charge in [0.2, 0.25) is 0 Å². The number of rotatable bonds is 3. The second-order valence-corrected chi connectivity index (χ2v) is 5.89. The van der Waals surface area contributed by atoms with Gasteiger partial charge in [0.25, 0.3) is 0 Å². The number of alkyl halides is 1. The van der Waals surface area contributed by atoms with Gasteiger partial charge in [0.1, 0.15) is 0 Å². The van der Waals surface area contributed by atoms with Crippen LogP contribution in [0.15, 0.2) is 6.07 Å². The normalized spacial score (nSPS) is 27.8. The van der Waals surface area contributed by atoms with Crippen molar-refractivity contribution in [3.05, 3.63) is 17.5 Å². The SMILES string of the molecule is Cc1cc(CNC2CC(Cl)C2(C)C)n(C)n1. The zero-order chi connectivity index (χ0) is 11.9. The third-order valence-corrected chi connectivity index (χ3v) is 4.52. The van der Waals surface area contributed by atoms with Gasteiger partial charge in [-0.1, -0.05) is 13.8 Å². The Morgan fingerprint density at radius 2 is 2.31 bits per heavy atom. The summed E-state index contributed by atoms with van der Waals surface area (Å²) in [6.07, 6.45) is 1.06. The van der Waals surface area contributed by atoms with E-state index in [1.54, 1.807) is 0 Å². The molecule has 0 saturated heterocycles. The summed E-state index contributed by atoms with van der Waals surface area (Å²) in [5.41, 5.74) is 2.50. The van der Waals surface area contributed by atoms with Crippen molar-refractivity contribution in [3.63, 3.8) is 0 Å². The highest BCUT2D eigenvalue weighted by atomic mass is 35.5. The van der Waals surface area contributed by atoms with Crippen LogP contribution in [0.3, 0.4) is 0 Å². The maximum atomic E-state index is 6.19. The molecule has 4 heteroatoms. The average molecular weight is 242 g/mol. The summed E-state index contributed by atoms with van der Waals surface area (Å²) < 4.78 is 1.94. The maximum Gasteiger partial charge on any atom is 0.0597 e. The lowest BCUT2D eigenvalue weighted by atomic mass is 9.67. The van der Waals surface area contributed by atoms with Crippen LogP contribution >= 0.6 is 11.6 Å². The Labute approximate surface area is 102 Å². The van der Waals surface area contributed by atoms with E-state index in [0.717, 1.165) is 18.7 Å². The zero-order valence-corrected chi connectivity index (χ0v) is 11.2. The van der Waals surface area contributed by atoms with Gasteiger partial charge >= 0.3 is 0 Å². The van der Waals surface area contributed by atoms with E-state index in [1.807, 2.05) is 18.7 Å². The fraction of sp³-hybridized carbons (Fsp3) is 0.750. The molecule has 1 heterocycles. The fourth-order valence-electron chi connectivity index (χ4n) is 2.28. The van der Waals surface area contributed by atoms with E-state index >= 15 is 0 Å². The molecular weight excluding hydrogens is 222 g/mol. The van der Waals surface area contributed by atoms with Gasteiger partial charge in [0.05, 0.1) is 11.4 Å². The van der Waals surface area contributed by atoms with Crippen molar-refractivity contribution >= 4 is 11.6 Å². The van der Waals surface area contributed by atoms with Crippen LogP contribution in [0.2, 0.25) is 0 Å². The monoisotopic (exact) mass is 241 g/mol. The molecule has 2 atom stereocenters. The lowest BCUT2D eigenvalue weighted by molar-refractivity contribution is 0.115. The maximum absolute atomic E-state index is 6.19. The van der Waals surface area contributed by atoms with Gasteiger partial charge < -0.3 is 5.32 Å². The number of aromatic nitrogens is 2. The largest absolute Gasteiger partial charge is 0.308 e. The molecule has 1 N–H and O–H groups in total. The lowest BCUT2D eigenvalue weighted by Crippen LogP contribution is -2.57. The van der Waals surface area contributed by atoms with Crippen LogP contribution in [0, 0.1) is 12.3 Å². The van der Waals surface area contributed by atoms with Crippen molar-refractivity contribution in [2.24, 2.45) is 12.5 Å². The van der Waals surface area contributed by atoms with Gasteiger partial charge in [0, 0.05) is 25.0 Å². The van der Waals surface area contributed by atoms with Crippen LogP contribution in [-0.4, -0.2) is 21.2 Å². The second-order valence-electron chi connectivity index (χ2n) is 5.36. The van der Waals surface area contributed by atoms with Crippen LogP contribution in [0.5, 0.6) is 0 Å². The zero-order valence-electron chi connectivity index (χ0n) is 10.4. The molecule has 2 rings (SSSR count). The Balaban J connectivity index is 1.92. The standard InChI is InChI=1S/C12H20ClN3/c1-8-5-9(16(4)15-8)7-14-11-6-10(13)12(11,2)3/h5,10-11,14H,6-7H2,1-4H3. The Morgan fingerprint density at radius 1 is 1.62 bits per heavy atom. The lowest BCUT2D eigenvalue weighted by Gasteiger charge is -2.49. The Hall–Kier alpha value is -0.540. The van der Waals surface area contributed by atoms with E-state index in [1.165, 1.54) is 5.69 Å². The molecule has 3 nitrogen and oxygen atoms in total. The molecular formula is C12H20ClN3. The summed E-state index contributed by atoms with van der Waals surface area (Å²) in [6, 6.07) is 2.64. The molecule has 16 heavy (non-hydrogen) atoms. The fourth-order valence-corrected chi connectivity index (χ4v) is 2.61. The van der Waals surface area contributed by atoms with Gasteiger partial charge in [-0.25, -0.2) is 0 Å². The molecule has 0 radical (unpaired) electrons. The summed E-state index contributed by atoms with van der Waals surface area (Å²) in [5.74, 6) is 0. The highest BCUT2D eigenvalue weighted by molar-refractivity contribution is 6.21. The molecule has 0 amide bonds. The van der Waals surface area contributed by atoms with Crippen molar-refractivity contribution in [2.45, 2.75) is 45.2 Å². The van der Waals surface area contributed by atoms with Crippen molar-refractivity contribution < 1.29 is 0 Å². The predicted octanol–water partition coefficient (Wildman–Crippen LogP) is 2.22.